The summed E-state index contributed by atoms with van der Waals surface area (Å²) in [5, 5.41) is 2.93. The summed E-state index contributed by atoms with van der Waals surface area (Å²) in [6, 6.07) is 13.3. The summed E-state index contributed by atoms with van der Waals surface area (Å²) in [4.78, 5) is 12.5. The number of hydrogen-bond acceptors (Lipinski definition) is 3. The van der Waals surface area contributed by atoms with Crippen molar-refractivity contribution in [2.24, 2.45) is 5.92 Å². The molecule has 0 radical (unpaired) electrons. The van der Waals surface area contributed by atoms with Crippen molar-refractivity contribution in [2.45, 2.75) is 38.6 Å². The molecule has 0 saturated carbocycles. The highest BCUT2D eigenvalue weighted by Crippen LogP contribution is 2.22. The number of carbonyl (C=O) groups excluding carboxylic acids is 1. The maximum Gasteiger partial charge on any atom is 0.264 e. The van der Waals surface area contributed by atoms with Crippen LogP contribution in [0.2, 0.25) is 0 Å². The van der Waals surface area contributed by atoms with Gasteiger partial charge in [-0.15, -0.1) is 0 Å². The van der Waals surface area contributed by atoms with Crippen molar-refractivity contribution in [1.29, 1.82) is 0 Å². The molecule has 0 saturated heterocycles. The summed E-state index contributed by atoms with van der Waals surface area (Å²) in [6.07, 6.45) is 0. The molecule has 2 rings (SSSR count). The average molecular weight is 375 g/mol. The van der Waals surface area contributed by atoms with Crippen LogP contribution in [0.5, 0.6) is 0 Å². The molecule has 5 nitrogen and oxygen atoms in total. The van der Waals surface area contributed by atoms with Gasteiger partial charge in [-0.2, -0.15) is 0 Å². The van der Waals surface area contributed by atoms with E-state index in [1.807, 2.05) is 27.7 Å². The van der Waals surface area contributed by atoms with E-state index in [-0.39, 0.29) is 16.8 Å². The number of aryl methyl sites for hydroxylation is 1. The lowest BCUT2D eigenvalue weighted by Crippen LogP contribution is -2.36. The molecule has 0 aliphatic heterocycles. The number of anilines is 1. The van der Waals surface area contributed by atoms with Crippen molar-refractivity contribution in [3.8, 4) is 0 Å². The predicted octanol–water partition coefficient (Wildman–Crippen LogP) is 3.59. The molecule has 0 bridgehead atoms. The molecule has 0 heterocycles. The van der Waals surface area contributed by atoms with Crippen molar-refractivity contribution in [3.63, 3.8) is 0 Å². The van der Waals surface area contributed by atoms with E-state index >= 15 is 0 Å². The van der Waals surface area contributed by atoms with Crippen LogP contribution in [0.3, 0.4) is 0 Å². The fraction of sp³-hybridized carbons (Fsp3) is 0.350. The summed E-state index contributed by atoms with van der Waals surface area (Å²) in [5.74, 6) is 0.172. The first kappa shape index (κ1) is 20.0. The Kier molecular flexibility index (Phi) is 6.08. The molecule has 2 aromatic rings. The molecule has 0 aliphatic rings. The smallest absolute Gasteiger partial charge is 0.264 e. The molecule has 1 atom stereocenters. The van der Waals surface area contributed by atoms with Crippen LogP contribution in [0.15, 0.2) is 53.4 Å². The second-order valence-electron chi connectivity index (χ2n) is 6.84. The lowest BCUT2D eigenvalue weighted by Gasteiger charge is -2.20. The predicted molar refractivity (Wildman–Crippen MR) is 105 cm³/mol. The summed E-state index contributed by atoms with van der Waals surface area (Å²) in [6.45, 7) is 7.95. The van der Waals surface area contributed by atoms with Crippen molar-refractivity contribution in [2.75, 3.05) is 11.4 Å². The normalized spacial score (nSPS) is 12.7. The van der Waals surface area contributed by atoms with E-state index < -0.39 is 10.0 Å². The number of nitrogens with one attached hydrogen (secondary N) is 1. The molecule has 2 aromatic carbocycles. The third-order valence-corrected chi connectivity index (χ3v) is 6.33. The Balaban J connectivity index is 2.19. The lowest BCUT2D eigenvalue weighted by molar-refractivity contribution is 0.0930. The molecule has 0 unspecified atom stereocenters. The van der Waals surface area contributed by atoms with Crippen molar-refractivity contribution in [3.05, 3.63) is 59.7 Å². The maximum absolute atomic E-state index is 12.7. The van der Waals surface area contributed by atoms with Gasteiger partial charge >= 0.3 is 0 Å². The third-order valence-electron chi connectivity index (χ3n) is 4.53. The zero-order valence-corrected chi connectivity index (χ0v) is 16.7. The Morgan fingerprint density at radius 1 is 0.962 bits per heavy atom. The Hall–Kier alpha value is -2.34. The molecule has 140 valence electrons. The maximum atomic E-state index is 12.7. The Morgan fingerprint density at radius 2 is 1.50 bits per heavy atom. The quantitative estimate of drug-likeness (QED) is 0.840. The number of hydrogen-bond donors (Lipinski definition) is 1. The molecular formula is C20H26N2O3S. The van der Waals surface area contributed by atoms with Crippen LogP contribution in [0.25, 0.3) is 0 Å². The summed E-state index contributed by atoms with van der Waals surface area (Å²) in [7, 11) is -2.13. The molecule has 6 heteroatoms. The first-order valence-electron chi connectivity index (χ1n) is 8.59. The van der Waals surface area contributed by atoms with Crippen LogP contribution < -0.4 is 9.62 Å². The van der Waals surface area contributed by atoms with Crippen molar-refractivity contribution < 1.29 is 13.2 Å². The van der Waals surface area contributed by atoms with Gasteiger partial charge in [0.2, 0.25) is 0 Å². The van der Waals surface area contributed by atoms with E-state index in [2.05, 4.69) is 5.32 Å². The van der Waals surface area contributed by atoms with Gasteiger partial charge in [-0.3, -0.25) is 9.10 Å². The Bertz CT molecular complexity index is 857. The van der Waals surface area contributed by atoms with E-state index in [1.165, 1.54) is 11.4 Å². The van der Waals surface area contributed by atoms with Gasteiger partial charge in [-0.1, -0.05) is 31.5 Å². The monoisotopic (exact) mass is 374 g/mol. The average Bonchev–Trinajstić information content (AvgIpc) is 2.61. The molecule has 0 fully saturated rings. The number of sulfonamides is 1. The fourth-order valence-electron chi connectivity index (χ4n) is 2.29. The largest absolute Gasteiger partial charge is 0.349 e. The van der Waals surface area contributed by atoms with Crippen LogP contribution in [0.4, 0.5) is 5.69 Å². The van der Waals surface area contributed by atoms with Crippen LogP contribution in [-0.4, -0.2) is 27.4 Å². The second kappa shape index (κ2) is 7.91. The van der Waals surface area contributed by atoms with E-state index in [0.717, 1.165) is 5.56 Å². The summed E-state index contributed by atoms with van der Waals surface area (Å²) in [5.41, 5.74) is 2.00. The lowest BCUT2D eigenvalue weighted by atomic mass is 10.1. The first-order chi connectivity index (χ1) is 12.1. The topological polar surface area (TPSA) is 66.5 Å². The Labute approximate surface area is 156 Å². The standard InChI is InChI=1S/C20H26N2O3S/c1-14(2)16(4)21-20(23)17-8-10-18(11-9-17)22(5)26(24,25)19-12-6-15(3)7-13-19/h6-14,16H,1-5H3,(H,21,23)/t16-/m0/s1. The van der Waals surface area contributed by atoms with Gasteiger partial charge in [-0.05, 0) is 56.2 Å². The van der Waals surface area contributed by atoms with Gasteiger partial charge in [-0.25, -0.2) is 8.42 Å². The van der Waals surface area contributed by atoms with Gasteiger partial charge in [0.05, 0.1) is 10.6 Å². The van der Waals surface area contributed by atoms with Crippen LogP contribution >= 0.6 is 0 Å². The summed E-state index contributed by atoms with van der Waals surface area (Å²) >= 11 is 0. The molecule has 0 spiro atoms. The molecule has 0 aliphatic carbocycles. The molecule has 1 N–H and O–H groups in total. The van der Waals surface area contributed by atoms with Crippen molar-refractivity contribution in [1.82, 2.24) is 5.32 Å². The SMILES string of the molecule is Cc1ccc(S(=O)(=O)N(C)c2ccc(C(=O)N[C@@H](C)C(C)C)cc2)cc1. The minimum atomic E-state index is -3.64. The second-order valence-corrected chi connectivity index (χ2v) is 8.81. The molecule has 0 aromatic heterocycles. The number of benzene rings is 2. The van der Waals surface area contributed by atoms with E-state index in [0.29, 0.717) is 17.2 Å². The van der Waals surface area contributed by atoms with E-state index in [1.54, 1.807) is 48.5 Å². The van der Waals surface area contributed by atoms with Gasteiger partial charge in [0.25, 0.3) is 15.9 Å². The number of carbonyl (C=O) groups is 1. The number of nitrogens with zero attached hydrogens (tertiary/aromatic N) is 1. The van der Waals surface area contributed by atoms with Gasteiger partial charge < -0.3 is 5.32 Å². The van der Waals surface area contributed by atoms with E-state index in [9.17, 15) is 13.2 Å². The van der Waals surface area contributed by atoms with Crippen LogP contribution in [0, 0.1) is 12.8 Å². The van der Waals surface area contributed by atoms with Crippen molar-refractivity contribution >= 4 is 21.6 Å². The zero-order valence-electron chi connectivity index (χ0n) is 15.9. The Morgan fingerprint density at radius 3 is 2.00 bits per heavy atom. The van der Waals surface area contributed by atoms with E-state index in [4.69, 9.17) is 0 Å². The highest BCUT2D eigenvalue weighted by molar-refractivity contribution is 7.92. The highest BCUT2D eigenvalue weighted by atomic mass is 32.2. The highest BCUT2D eigenvalue weighted by Gasteiger charge is 2.21. The van der Waals surface area contributed by atoms with Crippen LogP contribution in [0.1, 0.15) is 36.7 Å². The number of rotatable bonds is 6. The minimum Gasteiger partial charge on any atom is -0.349 e. The molecular weight excluding hydrogens is 348 g/mol. The first-order valence-corrected chi connectivity index (χ1v) is 10.0. The van der Waals surface area contributed by atoms with Gasteiger partial charge in [0.15, 0.2) is 0 Å². The molecule has 26 heavy (non-hydrogen) atoms. The summed E-state index contributed by atoms with van der Waals surface area (Å²) < 4.78 is 26.7. The zero-order chi connectivity index (χ0) is 19.5. The minimum absolute atomic E-state index is 0.0618. The van der Waals surface area contributed by atoms with Gasteiger partial charge in [0, 0.05) is 18.7 Å². The third kappa shape index (κ3) is 4.43. The molecule has 1 amide bonds. The van der Waals surface area contributed by atoms with Gasteiger partial charge in [0.1, 0.15) is 0 Å². The number of amides is 1. The van der Waals surface area contributed by atoms with Crippen LogP contribution in [-0.2, 0) is 10.0 Å². The fourth-order valence-corrected chi connectivity index (χ4v) is 3.48.